The van der Waals surface area contributed by atoms with Crippen LogP contribution in [0.4, 0.5) is 0 Å². The van der Waals surface area contributed by atoms with Crippen molar-refractivity contribution in [2.75, 3.05) is 27.2 Å². The zero-order chi connectivity index (χ0) is 17.8. The molecule has 6 nitrogen and oxygen atoms in total. The number of amides is 1. The van der Waals surface area contributed by atoms with Crippen LogP contribution in [0.1, 0.15) is 23.8 Å². The molecule has 0 saturated carbocycles. The molecule has 3 aromatic rings. The van der Waals surface area contributed by atoms with Crippen LogP contribution >= 0.6 is 0 Å². The molecule has 3 heterocycles. The highest BCUT2D eigenvalue weighted by Crippen LogP contribution is 2.23. The molecule has 0 aliphatic carbocycles. The summed E-state index contributed by atoms with van der Waals surface area (Å²) in [6, 6.07) is 7.86. The highest BCUT2D eigenvalue weighted by atomic mass is 16.1. The lowest BCUT2D eigenvalue weighted by atomic mass is 10.3. The standard InChI is InChI=1S/C19H25N5O/c1-4-9-20-19(25)17-16-7-5-6-10-24(16)18(21-17)15-8-11-23(14-15)13-12-22(2)3/h5-8,10-11,14H,4,9,12-13H2,1-3H3,(H,20,25). The Labute approximate surface area is 148 Å². The van der Waals surface area contributed by atoms with Gasteiger partial charge in [0.15, 0.2) is 5.69 Å². The van der Waals surface area contributed by atoms with Crippen molar-refractivity contribution in [1.82, 2.24) is 24.2 Å². The van der Waals surface area contributed by atoms with Crippen molar-refractivity contribution >= 4 is 11.4 Å². The van der Waals surface area contributed by atoms with Crippen LogP contribution in [0.25, 0.3) is 16.9 Å². The molecule has 3 rings (SSSR count). The average Bonchev–Trinajstić information content (AvgIpc) is 3.22. The lowest BCUT2D eigenvalue weighted by molar-refractivity contribution is 0.0951. The van der Waals surface area contributed by atoms with E-state index in [1.807, 2.05) is 41.8 Å². The first-order valence-electron chi connectivity index (χ1n) is 8.66. The van der Waals surface area contributed by atoms with Crippen LogP contribution < -0.4 is 5.32 Å². The summed E-state index contributed by atoms with van der Waals surface area (Å²) in [4.78, 5) is 19.2. The maximum absolute atomic E-state index is 12.4. The summed E-state index contributed by atoms with van der Waals surface area (Å²) in [6.07, 6.45) is 6.99. The van der Waals surface area contributed by atoms with Crippen LogP contribution in [0.3, 0.4) is 0 Å². The van der Waals surface area contributed by atoms with Gasteiger partial charge in [0.2, 0.25) is 0 Å². The largest absolute Gasteiger partial charge is 0.352 e. The van der Waals surface area contributed by atoms with Gasteiger partial charge in [0.25, 0.3) is 5.91 Å². The molecule has 0 spiro atoms. The molecule has 0 aliphatic rings. The fraction of sp³-hybridized carbons (Fsp3) is 0.368. The molecule has 0 unspecified atom stereocenters. The van der Waals surface area contributed by atoms with E-state index in [4.69, 9.17) is 0 Å². The third-order valence-corrected chi connectivity index (χ3v) is 4.11. The first kappa shape index (κ1) is 17.2. The predicted molar refractivity (Wildman–Crippen MR) is 99.8 cm³/mol. The Balaban J connectivity index is 1.95. The molecule has 25 heavy (non-hydrogen) atoms. The summed E-state index contributed by atoms with van der Waals surface area (Å²) in [5, 5.41) is 2.92. The maximum Gasteiger partial charge on any atom is 0.272 e. The Morgan fingerprint density at radius 2 is 2.08 bits per heavy atom. The lowest BCUT2D eigenvalue weighted by Crippen LogP contribution is -2.24. The average molecular weight is 339 g/mol. The van der Waals surface area contributed by atoms with E-state index in [-0.39, 0.29) is 5.91 Å². The van der Waals surface area contributed by atoms with Gasteiger partial charge in [-0.25, -0.2) is 4.98 Å². The molecule has 1 amide bonds. The van der Waals surface area contributed by atoms with Gasteiger partial charge in [0.1, 0.15) is 5.82 Å². The number of likely N-dealkylation sites (N-methyl/N-ethyl adjacent to an activating group) is 1. The summed E-state index contributed by atoms with van der Waals surface area (Å²) in [6.45, 7) is 4.58. The fourth-order valence-corrected chi connectivity index (χ4v) is 2.76. The Morgan fingerprint density at radius 1 is 1.24 bits per heavy atom. The van der Waals surface area contributed by atoms with Crippen molar-refractivity contribution in [3.63, 3.8) is 0 Å². The zero-order valence-corrected chi connectivity index (χ0v) is 15.1. The molecule has 0 aromatic carbocycles. The highest BCUT2D eigenvalue weighted by Gasteiger charge is 2.18. The van der Waals surface area contributed by atoms with Crippen LogP contribution in [0.5, 0.6) is 0 Å². The molecule has 0 saturated heterocycles. The first-order valence-corrected chi connectivity index (χ1v) is 8.66. The molecule has 1 N–H and O–H groups in total. The molecule has 6 heteroatoms. The number of hydrogen-bond acceptors (Lipinski definition) is 3. The quantitative estimate of drug-likeness (QED) is 0.719. The van der Waals surface area contributed by atoms with E-state index < -0.39 is 0 Å². The minimum atomic E-state index is -0.121. The van der Waals surface area contributed by atoms with Gasteiger partial charge in [-0.15, -0.1) is 0 Å². The fourth-order valence-electron chi connectivity index (χ4n) is 2.76. The second-order valence-electron chi connectivity index (χ2n) is 6.44. The smallest absolute Gasteiger partial charge is 0.272 e. The number of imidazole rings is 1. The Kier molecular flexibility index (Phi) is 5.19. The summed E-state index contributed by atoms with van der Waals surface area (Å²) in [7, 11) is 4.13. The summed E-state index contributed by atoms with van der Waals surface area (Å²) in [5.74, 6) is 0.671. The molecule has 132 valence electrons. The number of nitrogens with one attached hydrogen (secondary N) is 1. The van der Waals surface area contributed by atoms with Crippen molar-refractivity contribution in [2.45, 2.75) is 19.9 Å². The van der Waals surface area contributed by atoms with E-state index in [0.717, 1.165) is 36.4 Å². The summed E-state index contributed by atoms with van der Waals surface area (Å²) >= 11 is 0. The molecule has 0 fully saturated rings. The second kappa shape index (κ2) is 7.53. The van der Waals surface area contributed by atoms with Gasteiger partial charge in [-0.3, -0.25) is 9.20 Å². The molecule has 0 aliphatic heterocycles. The third kappa shape index (κ3) is 3.74. The Hall–Kier alpha value is -2.60. The van der Waals surface area contributed by atoms with Gasteiger partial charge in [-0.1, -0.05) is 13.0 Å². The molecular formula is C19H25N5O. The van der Waals surface area contributed by atoms with E-state index in [1.165, 1.54) is 0 Å². The number of fused-ring (bicyclic) bond motifs is 1. The van der Waals surface area contributed by atoms with Gasteiger partial charge < -0.3 is 14.8 Å². The summed E-state index contributed by atoms with van der Waals surface area (Å²) < 4.78 is 4.13. The number of hydrogen-bond donors (Lipinski definition) is 1. The third-order valence-electron chi connectivity index (χ3n) is 4.11. The first-order chi connectivity index (χ1) is 12.1. The Morgan fingerprint density at radius 3 is 2.84 bits per heavy atom. The number of aromatic nitrogens is 3. The molecule has 0 radical (unpaired) electrons. The minimum absolute atomic E-state index is 0.121. The van der Waals surface area contributed by atoms with E-state index in [9.17, 15) is 4.79 Å². The highest BCUT2D eigenvalue weighted by molar-refractivity contribution is 6.00. The minimum Gasteiger partial charge on any atom is -0.352 e. The number of carbonyl (C=O) groups is 1. The van der Waals surface area contributed by atoms with Crippen LogP contribution in [0.15, 0.2) is 42.9 Å². The van der Waals surface area contributed by atoms with E-state index in [0.29, 0.717) is 12.2 Å². The van der Waals surface area contributed by atoms with Crippen molar-refractivity contribution in [2.24, 2.45) is 0 Å². The van der Waals surface area contributed by atoms with E-state index in [2.05, 4.69) is 46.3 Å². The molecule has 3 aromatic heterocycles. The number of pyridine rings is 1. The normalized spacial score (nSPS) is 11.4. The van der Waals surface area contributed by atoms with Gasteiger partial charge in [-0.2, -0.15) is 0 Å². The van der Waals surface area contributed by atoms with Gasteiger partial charge >= 0.3 is 0 Å². The van der Waals surface area contributed by atoms with E-state index in [1.54, 1.807) is 0 Å². The van der Waals surface area contributed by atoms with Gasteiger partial charge in [0, 0.05) is 43.8 Å². The van der Waals surface area contributed by atoms with Gasteiger partial charge in [0.05, 0.1) is 5.52 Å². The molecule has 0 atom stereocenters. The van der Waals surface area contributed by atoms with Crippen molar-refractivity contribution in [1.29, 1.82) is 0 Å². The summed E-state index contributed by atoms with van der Waals surface area (Å²) in [5.41, 5.74) is 2.31. The van der Waals surface area contributed by atoms with Gasteiger partial charge in [-0.05, 0) is 38.7 Å². The zero-order valence-electron chi connectivity index (χ0n) is 15.1. The van der Waals surface area contributed by atoms with Crippen molar-refractivity contribution in [3.05, 3.63) is 48.5 Å². The van der Waals surface area contributed by atoms with Crippen LogP contribution in [-0.2, 0) is 6.54 Å². The number of nitrogens with zero attached hydrogens (tertiary/aromatic N) is 4. The monoisotopic (exact) mass is 339 g/mol. The van der Waals surface area contributed by atoms with Crippen LogP contribution in [-0.4, -0.2) is 51.9 Å². The molecular weight excluding hydrogens is 314 g/mol. The molecule has 0 bridgehead atoms. The van der Waals surface area contributed by atoms with Crippen molar-refractivity contribution < 1.29 is 4.79 Å². The number of rotatable bonds is 7. The predicted octanol–water partition coefficient (Wildman–Crippen LogP) is 2.50. The van der Waals surface area contributed by atoms with Crippen LogP contribution in [0.2, 0.25) is 0 Å². The lowest BCUT2D eigenvalue weighted by Gasteiger charge is -2.09. The second-order valence-corrected chi connectivity index (χ2v) is 6.44. The number of carbonyl (C=O) groups excluding carboxylic acids is 1. The topological polar surface area (TPSA) is 54.6 Å². The maximum atomic E-state index is 12.4. The SMILES string of the molecule is CCCNC(=O)c1nc(-c2ccn(CCN(C)C)c2)n2ccccc12. The Bertz CT molecular complexity index is 862. The van der Waals surface area contributed by atoms with E-state index >= 15 is 0 Å². The van der Waals surface area contributed by atoms with Crippen molar-refractivity contribution in [3.8, 4) is 11.4 Å². The van der Waals surface area contributed by atoms with Crippen LogP contribution in [0, 0.1) is 0 Å².